The van der Waals surface area contributed by atoms with E-state index >= 15 is 0 Å². The smallest absolute Gasteiger partial charge is 0.291 e. The summed E-state index contributed by atoms with van der Waals surface area (Å²) < 4.78 is 23.9. The molecule has 7 nitrogen and oxygen atoms in total. The van der Waals surface area contributed by atoms with Gasteiger partial charge >= 0.3 is 0 Å². The fourth-order valence-electron chi connectivity index (χ4n) is 3.96. The minimum absolute atomic E-state index is 0.193. The SMILES string of the molecule is COc1ccc(C(=O)N(Cc2ccc(F)cc2)Cc2cc(NC(=O)c3ccco3)ccc2N(C)C)cc1. The number of hydrogen-bond donors (Lipinski definition) is 1. The summed E-state index contributed by atoms with van der Waals surface area (Å²) in [5, 5.41) is 2.84. The number of carbonyl (C=O) groups excluding carboxylic acids is 2. The average Bonchev–Trinajstić information content (AvgIpc) is 3.45. The molecular formula is C29H28FN3O4. The lowest BCUT2D eigenvalue weighted by atomic mass is 10.1. The first-order valence-electron chi connectivity index (χ1n) is 11.7. The molecule has 0 aliphatic heterocycles. The van der Waals surface area contributed by atoms with Crippen molar-refractivity contribution < 1.29 is 23.1 Å². The molecule has 0 saturated carbocycles. The Labute approximate surface area is 215 Å². The molecule has 1 heterocycles. The van der Waals surface area contributed by atoms with E-state index in [1.165, 1.54) is 18.4 Å². The van der Waals surface area contributed by atoms with E-state index in [0.29, 0.717) is 17.0 Å². The number of nitrogens with one attached hydrogen (secondary N) is 1. The van der Waals surface area contributed by atoms with Crippen LogP contribution >= 0.6 is 0 Å². The van der Waals surface area contributed by atoms with E-state index < -0.39 is 0 Å². The van der Waals surface area contributed by atoms with Crippen LogP contribution in [0.5, 0.6) is 5.75 Å². The van der Waals surface area contributed by atoms with Crippen LogP contribution in [0.15, 0.2) is 89.5 Å². The molecule has 2 amide bonds. The van der Waals surface area contributed by atoms with Crippen molar-refractivity contribution in [3.05, 3.63) is 113 Å². The zero-order valence-corrected chi connectivity index (χ0v) is 20.9. The predicted octanol–water partition coefficient (Wildman–Crippen LogP) is 5.59. The zero-order valence-electron chi connectivity index (χ0n) is 20.9. The lowest BCUT2D eigenvalue weighted by molar-refractivity contribution is 0.0730. The molecule has 0 aliphatic carbocycles. The molecule has 0 fully saturated rings. The maximum absolute atomic E-state index is 13.6. The number of ether oxygens (including phenoxy) is 1. The van der Waals surface area contributed by atoms with Crippen LogP contribution in [-0.4, -0.2) is 37.9 Å². The largest absolute Gasteiger partial charge is 0.497 e. The molecular weight excluding hydrogens is 473 g/mol. The van der Waals surface area contributed by atoms with Gasteiger partial charge in [0.15, 0.2) is 5.76 Å². The van der Waals surface area contributed by atoms with E-state index in [1.807, 2.05) is 31.1 Å². The third kappa shape index (κ3) is 6.35. The van der Waals surface area contributed by atoms with Crippen molar-refractivity contribution in [3.63, 3.8) is 0 Å². The highest BCUT2D eigenvalue weighted by atomic mass is 19.1. The maximum atomic E-state index is 13.6. The van der Waals surface area contributed by atoms with Crippen LogP contribution in [0.1, 0.15) is 32.0 Å². The van der Waals surface area contributed by atoms with Gasteiger partial charge in [-0.2, -0.15) is 0 Å². The quantitative estimate of drug-likeness (QED) is 0.324. The van der Waals surface area contributed by atoms with Gasteiger partial charge < -0.3 is 24.3 Å². The molecule has 0 atom stereocenters. The second-order valence-corrected chi connectivity index (χ2v) is 8.69. The zero-order chi connectivity index (χ0) is 26.4. The Morgan fingerprint density at radius 1 is 0.946 bits per heavy atom. The molecule has 4 aromatic rings. The van der Waals surface area contributed by atoms with E-state index in [9.17, 15) is 14.0 Å². The van der Waals surface area contributed by atoms with E-state index in [0.717, 1.165) is 16.8 Å². The standard InChI is InChI=1S/C29H28FN3O4/c1-32(2)26-15-12-24(31-28(34)27-5-4-16-37-27)17-22(26)19-33(18-20-6-10-23(30)11-7-20)29(35)21-8-13-25(36-3)14-9-21/h4-17H,18-19H2,1-3H3,(H,31,34). The van der Waals surface area contributed by atoms with E-state index in [1.54, 1.807) is 66.6 Å². The first-order valence-corrected chi connectivity index (χ1v) is 11.7. The number of methoxy groups -OCH3 is 1. The molecule has 4 rings (SSSR count). The molecule has 0 spiro atoms. The van der Waals surface area contributed by atoms with Gasteiger partial charge in [0.25, 0.3) is 11.8 Å². The highest BCUT2D eigenvalue weighted by molar-refractivity contribution is 6.02. The highest BCUT2D eigenvalue weighted by Gasteiger charge is 2.20. The number of anilines is 2. The van der Waals surface area contributed by atoms with E-state index in [2.05, 4.69) is 5.32 Å². The number of amides is 2. The van der Waals surface area contributed by atoms with Crippen LogP contribution in [-0.2, 0) is 13.1 Å². The summed E-state index contributed by atoms with van der Waals surface area (Å²) >= 11 is 0. The summed E-state index contributed by atoms with van der Waals surface area (Å²) in [5.74, 6) is -0.0539. The monoisotopic (exact) mass is 501 g/mol. The molecule has 0 saturated heterocycles. The Morgan fingerprint density at radius 2 is 1.68 bits per heavy atom. The minimum Gasteiger partial charge on any atom is -0.497 e. The normalized spacial score (nSPS) is 10.6. The van der Waals surface area contributed by atoms with Crippen molar-refractivity contribution in [2.75, 3.05) is 31.4 Å². The number of nitrogens with zero attached hydrogens (tertiary/aromatic N) is 2. The van der Waals surface area contributed by atoms with Gasteiger partial charge in [-0.25, -0.2) is 4.39 Å². The molecule has 190 valence electrons. The number of halogens is 1. The van der Waals surface area contributed by atoms with Gasteiger partial charge in [-0.3, -0.25) is 9.59 Å². The molecule has 8 heteroatoms. The van der Waals surface area contributed by atoms with Crippen LogP contribution in [0.4, 0.5) is 15.8 Å². The average molecular weight is 502 g/mol. The van der Waals surface area contributed by atoms with Crippen molar-refractivity contribution in [1.82, 2.24) is 4.90 Å². The summed E-state index contributed by atoms with van der Waals surface area (Å²) in [6.45, 7) is 0.515. The number of hydrogen-bond acceptors (Lipinski definition) is 5. The van der Waals surface area contributed by atoms with Gasteiger partial charge in [-0.05, 0) is 77.9 Å². The first kappa shape index (κ1) is 25.5. The van der Waals surface area contributed by atoms with Gasteiger partial charge in [-0.15, -0.1) is 0 Å². The number of furan rings is 1. The van der Waals surface area contributed by atoms with Crippen molar-refractivity contribution >= 4 is 23.2 Å². The van der Waals surface area contributed by atoms with Crippen molar-refractivity contribution in [1.29, 1.82) is 0 Å². The third-order valence-electron chi connectivity index (χ3n) is 5.84. The Morgan fingerprint density at radius 3 is 2.30 bits per heavy atom. The molecule has 0 aliphatic rings. The van der Waals surface area contributed by atoms with Crippen LogP contribution < -0.4 is 15.0 Å². The molecule has 0 bridgehead atoms. The topological polar surface area (TPSA) is 75.0 Å². The van der Waals surface area contributed by atoms with Crippen molar-refractivity contribution in [3.8, 4) is 5.75 Å². The Kier molecular flexibility index (Phi) is 7.88. The lowest BCUT2D eigenvalue weighted by Crippen LogP contribution is -2.31. The summed E-state index contributed by atoms with van der Waals surface area (Å²) in [4.78, 5) is 29.8. The van der Waals surface area contributed by atoms with Gasteiger partial charge in [0.05, 0.1) is 13.4 Å². The Hall–Kier alpha value is -4.59. The first-order chi connectivity index (χ1) is 17.8. The second kappa shape index (κ2) is 11.4. The molecule has 1 aromatic heterocycles. The van der Waals surface area contributed by atoms with Gasteiger partial charge in [-0.1, -0.05) is 12.1 Å². The van der Waals surface area contributed by atoms with Gasteiger partial charge in [0, 0.05) is 44.1 Å². The molecule has 37 heavy (non-hydrogen) atoms. The summed E-state index contributed by atoms with van der Waals surface area (Å²) in [5.41, 5.74) is 3.57. The number of carbonyl (C=O) groups is 2. The van der Waals surface area contributed by atoms with Crippen LogP contribution in [0.3, 0.4) is 0 Å². The Balaban J connectivity index is 1.66. The third-order valence-corrected chi connectivity index (χ3v) is 5.84. The van der Waals surface area contributed by atoms with Crippen molar-refractivity contribution in [2.24, 2.45) is 0 Å². The van der Waals surface area contributed by atoms with Crippen molar-refractivity contribution in [2.45, 2.75) is 13.1 Å². The number of rotatable bonds is 9. The summed E-state index contributed by atoms with van der Waals surface area (Å²) in [7, 11) is 5.39. The van der Waals surface area contributed by atoms with Gasteiger partial charge in [0.1, 0.15) is 11.6 Å². The predicted molar refractivity (Wildman–Crippen MR) is 140 cm³/mol. The lowest BCUT2D eigenvalue weighted by Gasteiger charge is -2.27. The fraction of sp³-hybridized carbons (Fsp3) is 0.172. The molecule has 0 unspecified atom stereocenters. The fourth-order valence-corrected chi connectivity index (χ4v) is 3.96. The van der Waals surface area contributed by atoms with Gasteiger partial charge in [0.2, 0.25) is 0 Å². The summed E-state index contributed by atoms with van der Waals surface area (Å²) in [6.07, 6.45) is 1.44. The maximum Gasteiger partial charge on any atom is 0.291 e. The minimum atomic E-state index is -0.369. The molecule has 3 aromatic carbocycles. The second-order valence-electron chi connectivity index (χ2n) is 8.69. The van der Waals surface area contributed by atoms with Crippen LogP contribution in [0.2, 0.25) is 0 Å². The van der Waals surface area contributed by atoms with E-state index in [4.69, 9.17) is 9.15 Å². The van der Waals surface area contributed by atoms with Crippen LogP contribution in [0.25, 0.3) is 0 Å². The Bertz CT molecular complexity index is 1350. The molecule has 0 radical (unpaired) electrons. The number of benzene rings is 3. The molecule has 1 N–H and O–H groups in total. The summed E-state index contributed by atoms with van der Waals surface area (Å²) in [6, 6.07) is 21.7. The van der Waals surface area contributed by atoms with E-state index in [-0.39, 0.29) is 36.5 Å². The highest BCUT2D eigenvalue weighted by Crippen LogP contribution is 2.27. The van der Waals surface area contributed by atoms with Crippen LogP contribution in [0, 0.1) is 5.82 Å².